The molecule has 0 amide bonds. The van der Waals surface area contributed by atoms with E-state index in [9.17, 15) is 4.79 Å². The first kappa shape index (κ1) is 11.8. The van der Waals surface area contributed by atoms with E-state index in [1.165, 1.54) is 11.1 Å². The van der Waals surface area contributed by atoms with Gasteiger partial charge in [0.2, 0.25) is 0 Å². The summed E-state index contributed by atoms with van der Waals surface area (Å²) in [6.07, 6.45) is 0. The summed E-state index contributed by atoms with van der Waals surface area (Å²) in [5.74, 6) is -0.466. The normalized spacial score (nSPS) is 12.9. The third kappa shape index (κ3) is 1.70. The third-order valence-corrected chi connectivity index (χ3v) is 3.72. The maximum atomic E-state index is 11.0. The number of hydrogen-bond donors (Lipinski definition) is 1. The second-order valence-electron chi connectivity index (χ2n) is 4.78. The molecule has 0 aromatic heterocycles. The van der Waals surface area contributed by atoms with Crippen molar-refractivity contribution in [2.75, 3.05) is 7.11 Å². The number of ether oxygens (including phenoxy) is 1. The first-order chi connectivity index (χ1) is 9.11. The first-order valence-corrected chi connectivity index (χ1v) is 6.17. The maximum absolute atomic E-state index is 11.0. The molecule has 2 aromatic rings. The molecule has 0 bridgehead atoms. The molecule has 0 heterocycles. The Morgan fingerprint density at radius 2 is 1.68 bits per heavy atom. The van der Waals surface area contributed by atoms with Crippen molar-refractivity contribution in [2.45, 2.75) is 12.8 Å². The van der Waals surface area contributed by atoms with Crippen LogP contribution in [0.3, 0.4) is 0 Å². The van der Waals surface area contributed by atoms with Crippen LogP contribution in [0, 0.1) is 0 Å². The zero-order valence-corrected chi connectivity index (χ0v) is 10.8. The Kier molecular flexibility index (Phi) is 2.56. The lowest BCUT2D eigenvalue weighted by Gasteiger charge is -2.25. The van der Waals surface area contributed by atoms with Gasteiger partial charge in [-0.2, -0.15) is 0 Å². The molecule has 19 heavy (non-hydrogen) atoms. The van der Waals surface area contributed by atoms with Crippen molar-refractivity contribution < 1.29 is 14.6 Å². The Hall–Kier alpha value is -2.29. The monoisotopic (exact) mass is 254 g/mol. The number of carboxylic acid groups (broad SMARTS) is 1. The number of aliphatic carboxylic acids is 1. The van der Waals surface area contributed by atoms with Crippen molar-refractivity contribution in [3.8, 4) is 28.0 Å². The summed E-state index contributed by atoms with van der Waals surface area (Å²) >= 11 is 0. The molecule has 0 saturated heterocycles. The largest absolute Gasteiger partial charge is 0.497 e. The van der Waals surface area contributed by atoms with Crippen molar-refractivity contribution in [1.29, 1.82) is 0 Å². The lowest BCUT2D eigenvalue weighted by molar-refractivity contribution is -0.138. The predicted molar refractivity (Wildman–Crippen MR) is 73.5 cm³/mol. The van der Waals surface area contributed by atoms with Crippen LogP contribution in [0.15, 0.2) is 36.4 Å². The van der Waals surface area contributed by atoms with Crippen molar-refractivity contribution in [3.05, 3.63) is 42.0 Å². The van der Waals surface area contributed by atoms with E-state index >= 15 is 0 Å². The van der Waals surface area contributed by atoms with Gasteiger partial charge in [-0.25, -0.2) is 0 Å². The standard InChI is InChI=1S/C16H14O3/c1-9(16(17)18)10-3-5-12-13-6-4-11(19-2)8-15(13)14(12)7-10/h3-9H,1-2H3,(H,17,18). The number of hydrogen-bond acceptors (Lipinski definition) is 2. The van der Waals surface area contributed by atoms with Gasteiger partial charge in [0.05, 0.1) is 13.0 Å². The van der Waals surface area contributed by atoms with Gasteiger partial charge in [-0.3, -0.25) is 4.79 Å². The average molecular weight is 254 g/mol. The molecule has 0 fully saturated rings. The van der Waals surface area contributed by atoms with Crippen LogP contribution < -0.4 is 4.74 Å². The summed E-state index contributed by atoms with van der Waals surface area (Å²) in [4.78, 5) is 11.0. The molecule has 1 aliphatic rings. The van der Waals surface area contributed by atoms with Gasteiger partial charge in [-0.05, 0) is 52.9 Å². The fourth-order valence-electron chi connectivity index (χ4n) is 2.48. The Labute approximate surface area is 111 Å². The van der Waals surface area contributed by atoms with E-state index in [1.54, 1.807) is 14.0 Å². The minimum atomic E-state index is -0.801. The van der Waals surface area contributed by atoms with Crippen LogP contribution in [0.1, 0.15) is 18.4 Å². The molecular weight excluding hydrogens is 240 g/mol. The number of benzene rings is 2. The molecule has 0 aliphatic heterocycles. The van der Waals surface area contributed by atoms with Crippen LogP contribution in [-0.4, -0.2) is 18.2 Å². The molecule has 1 atom stereocenters. The summed E-state index contributed by atoms with van der Waals surface area (Å²) in [6, 6.07) is 11.8. The predicted octanol–water partition coefficient (Wildman–Crippen LogP) is 3.53. The van der Waals surface area contributed by atoms with Gasteiger partial charge in [0, 0.05) is 0 Å². The Balaban J connectivity index is 2.04. The van der Waals surface area contributed by atoms with Crippen molar-refractivity contribution in [2.24, 2.45) is 0 Å². The molecular formula is C16H14O3. The second kappa shape index (κ2) is 4.12. The van der Waals surface area contributed by atoms with Gasteiger partial charge in [0.25, 0.3) is 0 Å². The highest BCUT2D eigenvalue weighted by Crippen LogP contribution is 2.49. The van der Waals surface area contributed by atoms with Crippen molar-refractivity contribution in [3.63, 3.8) is 0 Å². The highest BCUT2D eigenvalue weighted by Gasteiger charge is 2.24. The summed E-state index contributed by atoms with van der Waals surface area (Å²) < 4.78 is 5.22. The SMILES string of the molecule is COc1ccc2c(c1)-c1cc(C(C)C(=O)O)ccc1-2. The van der Waals surface area contributed by atoms with Crippen molar-refractivity contribution in [1.82, 2.24) is 0 Å². The Bertz CT molecular complexity index is 674. The van der Waals surface area contributed by atoms with Gasteiger partial charge in [-0.15, -0.1) is 0 Å². The van der Waals surface area contributed by atoms with E-state index in [0.29, 0.717) is 0 Å². The fraction of sp³-hybridized carbons (Fsp3) is 0.188. The molecule has 1 N–H and O–H groups in total. The zero-order chi connectivity index (χ0) is 13.6. The quantitative estimate of drug-likeness (QED) is 0.777. The zero-order valence-electron chi connectivity index (χ0n) is 10.8. The van der Waals surface area contributed by atoms with E-state index in [4.69, 9.17) is 9.84 Å². The molecule has 1 aliphatic carbocycles. The number of carbonyl (C=O) groups is 1. The van der Waals surface area contributed by atoms with E-state index in [2.05, 4.69) is 0 Å². The first-order valence-electron chi connectivity index (χ1n) is 6.17. The Morgan fingerprint density at radius 3 is 2.32 bits per heavy atom. The van der Waals surface area contributed by atoms with Crippen LogP contribution in [0.2, 0.25) is 0 Å². The van der Waals surface area contributed by atoms with Gasteiger partial charge >= 0.3 is 5.97 Å². The molecule has 0 radical (unpaired) electrons. The molecule has 3 nitrogen and oxygen atoms in total. The van der Waals surface area contributed by atoms with Gasteiger partial charge < -0.3 is 9.84 Å². The molecule has 3 rings (SSSR count). The maximum Gasteiger partial charge on any atom is 0.310 e. The number of rotatable bonds is 3. The van der Waals surface area contributed by atoms with Crippen LogP contribution in [0.5, 0.6) is 5.75 Å². The van der Waals surface area contributed by atoms with Crippen LogP contribution in [-0.2, 0) is 4.79 Å². The number of methoxy groups -OCH3 is 1. The minimum Gasteiger partial charge on any atom is -0.497 e. The van der Waals surface area contributed by atoms with Gasteiger partial charge in [0.15, 0.2) is 0 Å². The Morgan fingerprint density at radius 1 is 1.05 bits per heavy atom. The summed E-state index contributed by atoms with van der Waals surface area (Å²) in [6.45, 7) is 1.70. The lowest BCUT2D eigenvalue weighted by atomic mass is 9.78. The van der Waals surface area contributed by atoms with E-state index in [-0.39, 0.29) is 0 Å². The highest BCUT2D eigenvalue weighted by molar-refractivity contribution is 6.03. The van der Waals surface area contributed by atoms with E-state index in [0.717, 1.165) is 22.4 Å². The molecule has 1 unspecified atom stereocenters. The molecule has 3 heteroatoms. The van der Waals surface area contributed by atoms with Crippen molar-refractivity contribution >= 4 is 5.97 Å². The third-order valence-electron chi connectivity index (χ3n) is 3.72. The minimum absolute atomic E-state index is 0.486. The smallest absolute Gasteiger partial charge is 0.310 e. The summed E-state index contributed by atoms with van der Waals surface area (Å²) in [5, 5.41) is 9.07. The number of carboxylic acids is 1. The molecule has 2 aromatic carbocycles. The van der Waals surface area contributed by atoms with Crippen LogP contribution in [0.25, 0.3) is 22.3 Å². The average Bonchev–Trinajstić information content (AvgIpc) is 2.42. The van der Waals surface area contributed by atoms with Gasteiger partial charge in [0.1, 0.15) is 5.75 Å². The topological polar surface area (TPSA) is 46.5 Å². The molecule has 0 spiro atoms. The molecule has 96 valence electrons. The summed E-state index contributed by atoms with van der Waals surface area (Å²) in [5.41, 5.74) is 5.46. The lowest BCUT2D eigenvalue weighted by Crippen LogP contribution is -2.09. The number of fused-ring (bicyclic) bond motifs is 4. The second-order valence-corrected chi connectivity index (χ2v) is 4.78. The summed E-state index contributed by atoms with van der Waals surface area (Å²) in [7, 11) is 1.64. The van der Waals surface area contributed by atoms with E-state index < -0.39 is 11.9 Å². The highest BCUT2D eigenvalue weighted by atomic mass is 16.5. The fourth-order valence-corrected chi connectivity index (χ4v) is 2.48. The van der Waals surface area contributed by atoms with E-state index in [1.807, 2.05) is 36.4 Å². The van der Waals surface area contributed by atoms with Gasteiger partial charge in [-0.1, -0.05) is 18.2 Å². The van der Waals surface area contributed by atoms with Crippen LogP contribution in [0.4, 0.5) is 0 Å². The van der Waals surface area contributed by atoms with Crippen LogP contribution >= 0.6 is 0 Å². The molecule has 0 saturated carbocycles.